The molecule has 10 heteroatoms. The molecule has 26 heavy (non-hydrogen) atoms. The first-order valence-electron chi connectivity index (χ1n) is 9.13. The number of benzene rings is 1. The lowest BCUT2D eigenvalue weighted by molar-refractivity contribution is 0.0602. The molecule has 1 fully saturated rings. The maximum atomic E-state index is 14.4. The van der Waals surface area contributed by atoms with Crippen LogP contribution in [0.4, 0.5) is 14.9 Å². The van der Waals surface area contributed by atoms with Crippen LogP contribution < -0.4 is 11.1 Å². The Morgan fingerprint density at radius 1 is 1.50 bits per heavy atom. The van der Waals surface area contributed by atoms with Gasteiger partial charge in [0.1, 0.15) is 11.4 Å². The molecule has 144 valence electrons. The molecule has 1 amide bonds. The van der Waals surface area contributed by atoms with Crippen LogP contribution in [0, 0.1) is 5.82 Å². The normalized spacial score (nSPS) is 26.4. The summed E-state index contributed by atoms with van der Waals surface area (Å²) < 4.78 is 67.8. The number of amides is 1. The Morgan fingerprint density at radius 2 is 2.15 bits per heavy atom. The number of nitrogens with two attached hydrogens (primary N) is 1. The third kappa shape index (κ3) is 4.24. The third-order valence-electron chi connectivity index (χ3n) is 3.50. The molecule has 0 spiro atoms. The fourth-order valence-electron chi connectivity index (χ4n) is 2.45. The summed E-state index contributed by atoms with van der Waals surface area (Å²) in [6.07, 6.45) is -1.21. The van der Waals surface area contributed by atoms with Crippen LogP contribution in [0.3, 0.4) is 0 Å². The van der Waals surface area contributed by atoms with Crippen LogP contribution in [0.5, 0.6) is 0 Å². The fourth-order valence-corrected chi connectivity index (χ4v) is 3.89. The summed E-state index contributed by atoms with van der Waals surface area (Å²) in [5.41, 5.74) is 3.14. The molecular formula is C16H23FN4O4S. The van der Waals surface area contributed by atoms with E-state index in [4.69, 9.17) is 14.6 Å². The molecule has 1 atom stereocenters. The molecule has 0 unspecified atom stereocenters. The smallest absolute Gasteiger partial charge is 0.437 e. The number of nitrogens with one attached hydrogen (secondary N) is 1. The maximum absolute atomic E-state index is 14.4. The molecule has 1 aliphatic heterocycles. The first-order chi connectivity index (χ1) is 12.9. The zero-order valence-corrected chi connectivity index (χ0v) is 15.6. The zero-order chi connectivity index (χ0) is 22.4. The molecule has 0 aliphatic carbocycles. The molecule has 0 bridgehead atoms. The van der Waals surface area contributed by atoms with Gasteiger partial charge in [-0.3, -0.25) is 0 Å². The summed E-state index contributed by atoms with van der Waals surface area (Å²) in [6.45, 7) is 2.84. The van der Waals surface area contributed by atoms with Crippen molar-refractivity contribution in [3.05, 3.63) is 29.6 Å². The topological polar surface area (TPSA) is 114 Å². The van der Waals surface area contributed by atoms with Crippen LogP contribution in [-0.2, 0) is 20.3 Å². The van der Waals surface area contributed by atoms with Crippen LogP contribution >= 0.6 is 0 Å². The van der Waals surface area contributed by atoms with Gasteiger partial charge in [0, 0.05) is 22.3 Å². The van der Waals surface area contributed by atoms with E-state index in [-0.39, 0.29) is 15.6 Å². The summed E-state index contributed by atoms with van der Waals surface area (Å²) in [6, 6.07) is 3.59. The van der Waals surface area contributed by atoms with Gasteiger partial charge in [-0.2, -0.15) is 0 Å². The molecule has 3 N–H and O–H groups in total. The lowest BCUT2D eigenvalue weighted by Crippen LogP contribution is -2.61. The second kappa shape index (κ2) is 6.42. The molecule has 1 aromatic carbocycles. The molecule has 1 aliphatic rings. The summed E-state index contributed by atoms with van der Waals surface area (Å²) in [5.74, 6) is -2.37. The molecule has 1 aromatic rings. The minimum atomic E-state index is -4.54. The molecule has 2 rings (SSSR count). The number of anilines is 1. The van der Waals surface area contributed by atoms with Gasteiger partial charge in [-0.15, -0.1) is 4.99 Å². The van der Waals surface area contributed by atoms with Gasteiger partial charge in [0.05, 0.1) is 11.3 Å². The van der Waals surface area contributed by atoms with Gasteiger partial charge in [0.25, 0.3) is 0 Å². The number of hydrogen-bond donors (Lipinski definition) is 2. The van der Waals surface area contributed by atoms with Crippen molar-refractivity contribution in [2.75, 3.05) is 18.5 Å². The lowest BCUT2D eigenvalue weighted by atomic mass is 9.93. The number of guanidine groups is 1. The number of aliphatic imine (C=N–C) groups is 1. The third-order valence-corrected chi connectivity index (χ3v) is 5.18. The Balaban J connectivity index is 2.63. The van der Waals surface area contributed by atoms with E-state index in [2.05, 4.69) is 10.3 Å². The lowest BCUT2D eigenvalue weighted by Gasteiger charge is -2.40. The van der Waals surface area contributed by atoms with Crippen molar-refractivity contribution in [3.8, 4) is 0 Å². The minimum Gasteiger partial charge on any atom is -0.442 e. The Kier molecular flexibility index (Phi) is 3.92. The first kappa shape index (κ1) is 15.9. The Morgan fingerprint density at radius 3 is 2.73 bits per heavy atom. The molecule has 0 saturated carbocycles. The average Bonchev–Trinajstić information content (AvgIpc) is 2.44. The zero-order valence-electron chi connectivity index (χ0n) is 17.8. The van der Waals surface area contributed by atoms with Gasteiger partial charge in [-0.1, -0.05) is 0 Å². The number of nitrogen functional groups attached to an aromatic ring is 1. The molecular weight excluding hydrogens is 363 g/mol. The van der Waals surface area contributed by atoms with Crippen molar-refractivity contribution in [2.45, 2.75) is 38.8 Å². The van der Waals surface area contributed by atoms with Crippen molar-refractivity contribution in [2.24, 2.45) is 4.99 Å². The van der Waals surface area contributed by atoms with Crippen LogP contribution in [0.25, 0.3) is 0 Å². The largest absolute Gasteiger partial charge is 0.442 e. The summed E-state index contributed by atoms with van der Waals surface area (Å²) in [5, 5.41) is 2.58. The van der Waals surface area contributed by atoms with Crippen molar-refractivity contribution < 1.29 is 26.5 Å². The first-order valence-corrected chi connectivity index (χ1v) is 9.24. The van der Waals surface area contributed by atoms with E-state index >= 15 is 0 Å². The Labute approximate surface area is 156 Å². The number of hydrogen-bond acceptors (Lipinski definition) is 5. The number of carbonyl (C=O) groups is 1. The minimum absolute atomic E-state index is 0.0237. The quantitative estimate of drug-likeness (QED) is 0.708. The summed E-state index contributed by atoms with van der Waals surface area (Å²) >= 11 is 0. The highest BCUT2D eigenvalue weighted by molar-refractivity contribution is 7.89. The monoisotopic (exact) mass is 389 g/mol. The van der Waals surface area contributed by atoms with Gasteiger partial charge in [-0.25, -0.2) is 21.9 Å². The molecule has 8 nitrogen and oxygen atoms in total. The number of nitrogens with zero attached hydrogens (tertiary/aromatic N) is 2. The van der Waals surface area contributed by atoms with E-state index in [1.165, 1.54) is 19.1 Å². The van der Waals surface area contributed by atoms with Gasteiger partial charge in [-0.05, 0) is 45.9 Å². The highest BCUT2D eigenvalue weighted by Crippen LogP contribution is 2.31. The van der Waals surface area contributed by atoms with Crippen LogP contribution in [0.2, 0.25) is 0 Å². The Bertz CT molecular complexity index is 960. The molecule has 1 heterocycles. The predicted octanol–water partition coefficient (Wildman–Crippen LogP) is 1.78. The number of rotatable bonds is 1. The van der Waals surface area contributed by atoms with Crippen LogP contribution in [-0.4, -0.2) is 43.1 Å². The van der Waals surface area contributed by atoms with Gasteiger partial charge < -0.3 is 15.8 Å². The van der Waals surface area contributed by atoms with Gasteiger partial charge in [0.15, 0.2) is 0 Å². The second-order valence-corrected chi connectivity index (χ2v) is 8.95. The van der Waals surface area contributed by atoms with Crippen molar-refractivity contribution >= 4 is 27.8 Å². The summed E-state index contributed by atoms with van der Waals surface area (Å²) in [4.78, 5) is 15.6. The highest BCUT2D eigenvalue weighted by atomic mass is 32.2. The van der Waals surface area contributed by atoms with Crippen molar-refractivity contribution in [1.29, 1.82) is 0 Å². The van der Waals surface area contributed by atoms with Gasteiger partial charge in [0.2, 0.25) is 16.0 Å². The van der Waals surface area contributed by atoms with Crippen molar-refractivity contribution in [1.82, 2.24) is 9.62 Å². The number of sulfonamides is 1. The van der Waals surface area contributed by atoms with E-state index in [0.717, 1.165) is 6.07 Å². The van der Waals surface area contributed by atoms with E-state index in [0.29, 0.717) is 0 Å². The summed E-state index contributed by atoms with van der Waals surface area (Å²) in [7, 11) is -4.54. The highest BCUT2D eigenvalue weighted by Gasteiger charge is 2.44. The predicted molar refractivity (Wildman–Crippen MR) is 96.5 cm³/mol. The number of carbonyl (C=O) groups excluding carboxylic acids is 1. The second-order valence-electron chi connectivity index (χ2n) is 7.13. The van der Waals surface area contributed by atoms with Crippen molar-refractivity contribution in [3.63, 3.8) is 0 Å². The SMILES string of the molecule is [2H]C([2H])([2H])N1/C(=N/C(=O)OC(C)(C)C)N[C@](C)(c2cc(N)ccc2F)CS1(=O)=O. The van der Waals surface area contributed by atoms with E-state index < -0.39 is 51.8 Å². The van der Waals surface area contributed by atoms with Gasteiger partial charge >= 0.3 is 6.09 Å². The standard InChI is InChI=1S/C16H23FN4O4S/c1-15(2,3)25-14(22)19-13-20-16(4,9-26(23,24)21(13)5)11-8-10(18)6-7-12(11)17/h6-8H,9,18H2,1-5H3,(H,19,20,22)/t16-/m0/s1/i5D3. The fraction of sp³-hybridized carbons (Fsp3) is 0.500. The van der Waals surface area contributed by atoms with E-state index in [9.17, 15) is 17.6 Å². The van der Waals surface area contributed by atoms with E-state index in [1.54, 1.807) is 20.8 Å². The van der Waals surface area contributed by atoms with Crippen LogP contribution in [0.15, 0.2) is 23.2 Å². The Hall–Kier alpha value is -2.36. The number of ether oxygens (including phenoxy) is 1. The number of halogens is 1. The molecule has 0 aromatic heterocycles. The van der Waals surface area contributed by atoms with Crippen LogP contribution in [0.1, 0.15) is 37.4 Å². The molecule has 0 radical (unpaired) electrons. The van der Waals surface area contributed by atoms with E-state index in [1.807, 2.05) is 0 Å². The molecule has 1 saturated heterocycles. The average molecular weight is 389 g/mol. The maximum Gasteiger partial charge on any atom is 0.437 e.